The van der Waals surface area contributed by atoms with Crippen LogP contribution >= 0.6 is 27.7 Å². The summed E-state index contributed by atoms with van der Waals surface area (Å²) in [7, 11) is -3.84. The lowest BCUT2D eigenvalue weighted by Gasteiger charge is -2.09. The lowest BCUT2D eigenvalue weighted by Crippen LogP contribution is -2.15. The molecule has 0 saturated carbocycles. The van der Waals surface area contributed by atoms with Crippen LogP contribution in [0.1, 0.15) is 19.8 Å². The molecule has 0 aliphatic rings. The van der Waals surface area contributed by atoms with Crippen molar-refractivity contribution in [1.82, 2.24) is 9.55 Å². The van der Waals surface area contributed by atoms with E-state index in [1.165, 1.54) is 36.0 Å². The third-order valence-electron chi connectivity index (χ3n) is 4.29. The molecule has 0 bridgehead atoms. The molecule has 0 unspecified atom stereocenters. The van der Waals surface area contributed by atoms with Gasteiger partial charge in [-0.25, -0.2) is 22.9 Å². The van der Waals surface area contributed by atoms with Gasteiger partial charge in [0, 0.05) is 11.0 Å². The van der Waals surface area contributed by atoms with Crippen LogP contribution in [0.25, 0.3) is 11.0 Å². The Hall–Kier alpha value is -1.95. The highest BCUT2D eigenvalue weighted by molar-refractivity contribution is 9.10. The van der Waals surface area contributed by atoms with Crippen molar-refractivity contribution in [3.63, 3.8) is 0 Å². The standard InChI is InChI=1S/C19H20BrFN4O3S2/c1-2-3-8-25-17-7-5-13(30(22,27)28)10-16(17)24-19(25)29-11-18(26)23-15-6-4-12(20)9-14(15)21/h4-7,9-10H,2-3,8,11H2,1H3,(H,23,26)(H2,22,27,28). The van der Waals surface area contributed by atoms with E-state index in [4.69, 9.17) is 5.14 Å². The topological polar surface area (TPSA) is 107 Å². The number of rotatable bonds is 8. The van der Waals surface area contributed by atoms with Crippen LogP contribution < -0.4 is 10.5 Å². The van der Waals surface area contributed by atoms with Crippen LogP contribution in [0.5, 0.6) is 0 Å². The smallest absolute Gasteiger partial charge is 0.238 e. The minimum absolute atomic E-state index is 0.0184. The molecule has 0 aliphatic carbocycles. The summed E-state index contributed by atoms with van der Waals surface area (Å²) >= 11 is 4.37. The first-order chi connectivity index (χ1) is 14.2. The molecule has 1 aromatic heterocycles. The van der Waals surface area contributed by atoms with Crippen LogP contribution in [-0.4, -0.2) is 29.6 Å². The Kier molecular flexibility index (Phi) is 7.17. The van der Waals surface area contributed by atoms with Crippen molar-refractivity contribution in [3.05, 3.63) is 46.7 Å². The molecular weight excluding hydrogens is 495 g/mol. The number of halogens is 2. The first-order valence-corrected chi connectivity index (χ1v) is 12.4. The van der Waals surface area contributed by atoms with Crippen LogP contribution in [0.3, 0.4) is 0 Å². The van der Waals surface area contributed by atoms with Crippen molar-refractivity contribution in [2.24, 2.45) is 5.14 Å². The van der Waals surface area contributed by atoms with Gasteiger partial charge in [0.05, 0.1) is 27.4 Å². The molecule has 1 amide bonds. The van der Waals surface area contributed by atoms with E-state index >= 15 is 0 Å². The number of aromatic nitrogens is 2. The second-order valence-electron chi connectivity index (χ2n) is 6.56. The van der Waals surface area contributed by atoms with Crippen molar-refractivity contribution >= 4 is 60.3 Å². The second-order valence-corrected chi connectivity index (χ2v) is 9.98. The Morgan fingerprint density at radius 2 is 2.07 bits per heavy atom. The fourth-order valence-electron chi connectivity index (χ4n) is 2.81. The molecule has 3 rings (SSSR count). The van der Waals surface area contributed by atoms with Crippen LogP contribution in [0.2, 0.25) is 0 Å². The highest BCUT2D eigenvalue weighted by atomic mass is 79.9. The number of imidazole rings is 1. The van der Waals surface area contributed by atoms with Crippen molar-refractivity contribution in [1.29, 1.82) is 0 Å². The maximum atomic E-state index is 13.9. The number of sulfonamides is 1. The van der Waals surface area contributed by atoms with E-state index in [2.05, 4.69) is 33.2 Å². The highest BCUT2D eigenvalue weighted by Gasteiger charge is 2.16. The predicted molar refractivity (Wildman–Crippen MR) is 119 cm³/mol. The van der Waals surface area contributed by atoms with Gasteiger partial charge in [-0.2, -0.15) is 0 Å². The number of amides is 1. The zero-order chi connectivity index (χ0) is 21.9. The van der Waals surface area contributed by atoms with Gasteiger partial charge in [0.15, 0.2) is 5.16 Å². The van der Waals surface area contributed by atoms with Crippen molar-refractivity contribution in [2.75, 3.05) is 11.1 Å². The van der Waals surface area contributed by atoms with Gasteiger partial charge in [-0.3, -0.25) is 4.79 Å². The van der Waals surface area contributed by atoms with E-state index in [-0.39, 0.29) is 22.2 Å². The normalized spacial score (nSPS) is 11.7. The van der Waals surface area contributed by atoms with E-state index in [0.717, 1.165) is 18.4 Å². The molecule has 1 heterocycles. The molecule has 0 saturated heterocycles. The predicted octanol–water partition coefficient (Wildman–Crippen LogP) is 4.12. The first-order valence-electron chi connectivity index (χ1n) is 9.10. The van der Waals surface area contributed by atoms with Gasteiger partial charge in [0.1, 0.15) is 5.82 Å². The molecule has 3 N–H and O–H groups in total. The molecule has 160 valence electrons. The van der Waals surface area contributed by atoms with Crippen LogP contribution in [0.4, 0.5) is 10.1 Å². The third kappa shape index (κ3) is 5.39. The maximum absolute atomic E-state index is 13.9. The Labute approximate surface area is 186 Å². The van der Waals surface area contributed by atoms with Crippen molar-refractivity contribution in [3.8, 4) is 0 Å². The lowest BCUT2D eigenvalue weighted by atomic mass is 10.3. The number of nitrogens with one attached hydrogen (secondary N) is 1. The van der Waals surface area contributed by atoms with Crippen LogP contribution in [0, 0.1) is 5.82 Å². The molecule has 7 nitrogen and oxygen atoms in total. The van der Waals surface area contributed by atoms with E-state index in [9.17, 15) is 17.6 Å². The summed E-state index contributed by atoms with van der Waals surface area (Å²) in [6.45, 7) is 2.73. The molecule has 0 radical (unpaired) electrons. The Morgan fingerprint density at radius 1 is 1.30 bits per heavy atom. The number of hydrogen-bond acceptors (Lipinski definition) is 5. The number of fused-ring (bicyclic) bond motifs is 1. The average Bonchev–Trinajstić information content (AvgIpc) is 3.03. The number of benzene rings is 2. The third-order valence-corrected chi connectivity index (χ3v) is 6.67. The summed E-state index contributed by atoms with van der Waals surface area (Å²) in [4.78, 5) is 16.8. The zero-order valence-corrected chi connectivity index (χ0v) is 19.3. The van der Waals surface area contributed by atoms with Gasteiger partial charge >= 0.3 is 0 Å². The van der Waals surface area contributed by atoms with E-state index in [1.807, 2.05) is 4.57 Å². The van der Waals surface area contributed by atoms with Crippen molar-refractivity contribution < 1.29 is 17.6 Å². The molecule has 0 fully saturated rings. The van der Waals surface area contributed by atoms with Gasteiger partial charge in [-0.05, 0) is 42.8 Å². The van der Waals surface area contributed by atoms with E-state index < -0.39 is 15.8 Å². The summed E-state index contributed by atoms with van der Waals surface area (Å²) in [5, 5.41) is 8.34. The summed E-state index contributed by atoms with van der Waals surface area (Å²) in [6.07, 6.45) is 1.86. The Morgan fingerprint density at radius 3 is 2.73 bits per heavy atom. The monoisotopic (exact) mass is 514 g/mol. The second kappa shape index (κ2) is 9.46. The van der Waals surface area contributed by atoms with Crippen LogP contribution in [0.15, 0.2) is 50.9 Å². The minimum atomic E-state index is -3.84. The molecule has 11 heteroatoms. The number of carbonyl (C=O) groups excluding carboxylic acids is 1. The lowest BCUT2D eigenvalue weighted by molar-refractivity contribution is -0.113. The molecule has 0 spiro atoms. The SMILES string of the molecule is CCCCn1c(SCC(=O)Nc2ccc(Br)cc2F)nc2cc(S(N)(=O)=O)ccc21. The number of nitrogens with two attached hydrogens (primary N) is 1. The molecule has 2 aromatic carbocycles. The fourth-order valence-corrected chi connectivity index (χ4v) is 4.52. The number of thioether (sulfide) groups is 1. The minimum Gasteiger partial charge on any atom is -0.323 e. The highest BCUT2D eigenvalue weighted by Crippen LogP contribution is 2.27. The largest absolute Gasteiger partial charge is 0.323 e. The molecular formula is C19H20BrFN4O3S2. The Bertz CT molecular complexity index is 1200. The number of hydrogen-bond donors (Lipinski definition) is 2. The number of carbonyl (C=O) groups is 1. The maximum Gasteiger partial charge on any atom is 0.238 e. The van der Waals surface area contributed by atoms with E-state index in [1.54, 1.807) is 12.1 Å². The number of nitrogens with zero attached hydrogens (tertiary/aromatic N) is 2. The van der Waals surface area contributed by atoms with Crippen LogP contribution in [-0.2, 0) is 21.4 Å². The fraction of sp³-hybridized carbons (Fsp3) is 0.263. The van der Waals surface area contributed by atoms with Crippen molar-refractivity contribution in [2.45, 2.75) is 36.4 Å². The molecule has 0 aliphatic heterocycles. The first kappa shape index (κ1) is 22.7. The summed E-state index contributed by atoms with van der Waals surface area (Å²) in [5.41, 5.74) is 1.35. The van der Waals surface area contributed by atoms with Gasteiger partial charge in [0.2, 0.25) is 15.9 Å². The van der Waals surface area contributed by atoms with Gasteiger partial charge in [-0.1, -0.05) is 41.0 Å². The average molecular weight is 515 g/mol. The van der Waals surface area contributed by atoms with E-state index in [0.29, 0.717) is 21.7 Å². The van der Waals surface area contributed by atoms with Gasteiger partial charge in [-0.15, -0.1) is 0 Å². The zero-order valence-electron chi connectivity index (χ0n) is 16.1. The summed E-state index contributed by atoms with van der Waals surface area (Å²) < 4.78 is 39.7. The van der Waals surface area contributed by atoms with Gasteiger partial charge < -0.3 is 9.88 Å². The van der Waals surface area contributed by atoms with Gasteiger partial charge in [0.25, 0.3) is 0 Å². The number of unbranched alkanes of at least 4 members (excludes halogenated alkanes) is 1. The number of anilines is 1. The summed E-state index contributed by atoms with van der Waals surface area (Å²) in [6, 6.07) is 8.93. The molecule has 3 aromatic rings. The summed E-state index contributed by atoms with van der Waals surface area (Å²) in [5.74, 6) is -0.888. The Balaban J connectivity index is 1.82. The molecule has 0 atom stereocenters. The molecule has 30 heavy (non-hydrogen) atoms. The number of aryl methyl sites for hydroxylation is 1. The number of primary sulfonamides is 1. The quantitative estimate of drug-likeness (QED) is 0.439.